The number of aliphatic hydroxyl groups excluding tert-OH is 1. The van der Waals surface area contributed by atoms with Gasteiger partial charge in [0.2, 0.25) is 5.76 Å². The van der Waals surface area contributed by atoms with Crippen molar-refractivity contribution < 1.29 is 18.3 Å². The number of para-hydroxylation sites is 1. The van der Waals surface area contributed by atoms with Gasteiger partial charge < -0.3 is 10.0 Å². The number of hydrogen-bond acceptors (Lipinski definition) is 4. The number of halogens is 3. The van der Waals surface area contributed by atoms with Crippen LogP contribution in [0, 0.1) is 0 Å². The average molecular weight is 433 g/mol. The lowest BCUT2D eigenvalue weighted by molar-refractivity contribution is -0.120. The quantitative estimate of drug-likeness (QED) is 0.401. The fourth-order valence-corrected chi connectivity index (χ4v) is 4.40. The molecule has 2 unspecified atom stereocenters. The summed E-state index contributed by atoms with van der Waals surface area (Å²) in [5.74, 6) is -1.61. The fraction of sp³-hybridized carbons (Fsp3) is 0.261. The van der Waals surface area contributed by atoms with Crippen molar-refractivity contribution >= 4 is 22.5 Å². The van der Waals surface area contributed by atoms with Gasteiger partial charge in [-0.15, -0.1) is 11.8 Å². The normalized spacial score (nSPS) is 22.6. The summed E-state index contributed by atoms with van der Waals surface area (Å²) in [6.45, 7) is 1.95. The van der Waals surface area contributed by atoms with E-state index in [1.165, 1.54) is 11.8 Å². The molecule has 1 N–H and O–H groups in total. The van der Waals surface area contributed by atoms with Crippen molar-refractivity contribution in [3.8, 4) is 0 Å². The van der Waals surface area contributed by atoms with Crippen LogP contribution >= 0.6 is 11.8 Å². The summed E-state index contributed by atoms with van der Waals surface area (Å²) >= 11 is 1.29. The van der Waals surface area contributed by atoms with Gasteiger partial charge in [-0.1, -0.05) is 42.5 Å². The molecule has 2 atom stereocenters. The molecule has 0 saturated heterocycles. The first-order chi connectivity index (χ1) is 14.4. The maximum atomic E-state index is 12.6. The lowest BCUT2D eigenvalue weighted by Gasteiger charge is -2.30. The Hall–Kier alpha value is -2.67. The molecule has 0 amide bonds. The Morgan fingerprint density at radius 3 is 2.60 bits per heavy atom. The number of benzene rings is 1. The van der Waals surface area contributed by atoms with E-state index in [2.05, 4.69) is 9.89 Å². The Kier molecular flexibility index (Phi) is 7.26. The second kappa shape index (κ2) is 9.89. The topological polar surface area (TPSA) is 35.8 Å². The van der Waals surface area contributed by atoms with Gasteiger partial charge in [-0.3, -0.25) is 4.99 Å². The van der Waals surface area contributed by atoms with Crippen LogP contribution in [0.15, 0.2) is 95.5 Å². The molecule has 0 radical (unpaired) electrons. The van der Waals surface area contributed by atoms with Crippen LogP contribution in [-0.4, -0.2) is 27.6 Å². The van der Waals surface area contributed by atoms with Crippen LogP contribution < -0.4 is 4.90 Å². The van der Waals surface area contributed by atoms with Gasteiger partial charge in [-0.05, 0) is 44.1 Å². The first-order valence-corrected chi connectivity index (χ1v) is 10.5. The van der Waals surface area contributed by atoms with Gasteiger partial charge in [0.25, 0.3) is 0 Å². The highest BCUT2D eigenvalue weighted by Gasteiger charge is 2.37. The first-order valence-electron chi connectivity index (χ1n) is 9.62. The van der Waals surface area contributed by atoms with Crippen molar-refractivity contribution in [2.75, 3.05) is 4.90 Å². The summed E-state index contributed by atoms with van der Waals surface area (Å²) in [6.07, 6.45) is 11.2. The third-order valence-corrected chi connectivity index (χ3v) is 5.91. The Balaban J connectivity index is 1.85. The number of hydrogen-bond donors (Lipinski definition) is 1. The zero-order valence-corrected chi connectivity index (χ0v) is 17.3. The summed E-state index contributed by atoms with van der Waals surface area (Å²) in [4.78, 5) is 6.48. The summed E-state index contributed by atoms with van der Waals surface area (Å²) < 4.78 is 37.8. The standard InChI is InChI=1S/C23H23F3N2OS/c1-2-3-4-5-9-14-28(17-10-7-6-8-11-17)18-12-13-20-19(15-18)27-22(30-20)16-21(29)23(24,25)26/h2-11,14-16,19-20,29H,12-13H2,1H3/b3-2-,5-4-,14-9+,21-16-. The molecule has 0 aromatic heterocycles. The molecule has 30 heavy (non-hydrogen) atoms. The van der Waals surface area contributed by atoms with E-state index in [1.54, 1.807) is 0 Å². The third-order valence-electron chi connectivity index (χ3n) is 4.63. The molecule has 7 heteroatoms. The van der Waals surface area contributed by atoms with Gasteiger partial charge in [-0.2, -0.15) is 13.2 Å². The molecule has 0 spiro atoms. The largest absolute Gasteiger partial charge is 0.504 e. The summed E-state index contributed by atoms with van der Waals surface area (Å²) in [5.41, 5.74) is 2.05. The maximum Gasteiger partial charge on any atom is 0.448 e. The smallest absolute Gasteiger partial charge is 0.448 e. The Labute approximate surface area is 178 Å². The highest BCUT2D eigenvalue weighted by molar-refractivity contribution is 8.15. The van der Waals surface area contributed by atoms with Gasteiger partial charge >= 0.3 is 6.18 Å². The summed E-state index contributed by atoms with van der Waals surface area (Å²) in [7, 11) is 0. The van der Waals surface area contributed by atoms with Gasteiger partial charge in [-0.25, -0.2) is 0 Å². The highest BCUT2D eigenvalue weighted by Crippen LogP contribution is 2.39. The van der Waals surface area contributed by atoms with E-state index in [0.717, 1.165) is 30.3 Å². The number of allylic oxidation sites excluding steroid dienone is 7. The number of anilines is 1. The monoisotopic (exact) mass is 432 g/mol. The molecule has 1 heterocycles. The lowest BCUT2D eigenvalue weighted by atomic mass is 9.98. The van der Waals surface area contributed by atoms with E-state index in [1.807, 2.05) is 79.9 Å². The third kappa shape index (κ3) is 5.69. The van der Waals surface area contributed by atoms with E-state index >= 15 is 0 Å². The predicted molar refractivity (Wildman–Crippen MR) is 119 cm³/mol. The van der Waals surface area contributed by atoms with E-state index in [9.17, 15) is 18.3 Å². The van der Waals surface area contributed by atoms with Gasteiger partial charge in [0.05, 0.1) is 11.1 Å². The second-order valence-electron chi connectivity index (χ2n) is 6.80. The molecule has 1 aromatic carbocycles. The molecule has 1 aliphatic heterocycles. The minimum absolute atomic E-state index is 0.0808. The number of thioether (sulfide) groups is 1. The minimum atomic E-state index is -4.76. The van der Waals surface area contributed by atoms with Crippen LogP contribution in [0.1, 0.15) is 19.8 Å². The highest BCUT2D eigenvalue weighted by atomic mass is 32.2. The zero-order chi connectivity index (χ0) is 21.6. The molecule has 0 saturated carbocycles. The lowest BCUT2D eigenvalue weighted by Crippen LogP contribution is -2.26. The van der Waals surface area contributed by atoms with E-state index in [4.69, 9.17) is 0 Å². The zero-order valence-electron chi connectivity index (χ0n) is 16.5. The Morgan fingerprint density at radius 2 is 1.90 bits per heavy atom. The van der Waals surface area contributed by atoms with Crippen LogP contribution in [0.3, 0.4) is 0 Å². The van der Waals surface area contributed by atoms with Crippen LogP contribution in [0.2, 0.25) is 0 Å². The number of rotatable bonds is 6. The average Bonchev–Trinajstić information content (AvgIpc) is 3.12. The van der Waals surface area contributed by atoms with Crippen LogP contribution in [0.5, 0.6) is 0 Å². The molecule has 0 bridgehead atoms. The minimum Gasteiger partial charge on any atom is -0.504 e. The molecule has 3 rings (SSSR count). The van der Waals surface area contributed by atoms with Gasteiger partial charge in [0, 0.05) is 28.9 Å². The maximum absolute atomic E-state index is 12.6. The van der Waals surface area contributed by atoms with Crippen LogP contribution in [0.4, 0.5) is 18.9 Å². The Morgan fingerprint density at radius 1 is 1.17 bits per heavy atom. The van der Waals surface area contributed by atoms with E-state index < -0.39 is 11.9 Å². The summed E-state index contributed by atoms with van der Waals surface area (Å²) in [5, 5.41) is 9.52. The van der Waals surface area contributed by atoms with E-state index in [0.29, 0.717) is 0 Å². The van der Waals surface area contributed by atoms with Crippen molar-refractivity contribution in [2.45, 2.75) is 37.2 Å². The van der Waals surface area contributed by atoms with Gasteiger partial charge in [0.15, 0.2) is 0 Å². The molecule has 3 nitrogen and oxygen atoms in total. The number of fused-ring (bicyclic) bond motifs is 1. The van der Waals surface area contributed by atoms with Crippen molar-refractivity contribution in [2.24, 2.45) is 4.99 Å². The van der Waals surface area contributed by atoms with Crippen molar-refractivity contribution in [1.82, 2.24) is 0 Å². The van der Waals surface area contributed by atoms with Crippen molar-refractivity contribution in [1.29, 1.82) is 0 Å². The fourth-order valence-electron chi connectivity index (χ4n) is 3.21. The first kappa shape index (κ1) is 22.0. The van der Waals surface area contributed by atoms with Crippen molar-refractivity contribution in [3.05, 3.63) is 90.5 Å². The molecule has 0 fully saturated rings. The van der Waals surface area contributed by atoms with Gasteiger partial charge in [0.1, 0.15) is 0 Å². The molecule has 1 aromatic rings. The van der Waals surface area contributed by atoms with E-state index in [-0.39, 0.29) is 16.3 Å². The SMILES string of the molecule is C\C=C/C=C\C=C\N(C1=CC2N=C(/C=C(\O)C(F)(F)F)SC2CC1)c1ccccc1. The second-order valence-corrected chi connectivity index (χ2v) is 8.06. The number of alkyl halides is 3. The molecular weight excluding hydrogens is 409 g/mol. The number of nitrogens with zero attached hydrogens (tertiary/aromatic N) is 2. The molecule has 2 aliphatic rings. The number of aliphatic imine (C=N–C) groups is 1. The predicted octanol–water partition coefficient (Wildman–Crippen LogP) is 6.70. The van der Waals surface area contributed by atoms with Crippen LogP contribution in [0.25, 0.3) is 0 Å². The molecule has 158 valence electrons. The number of aliphatic hydroxyl groups is 1. The molecule has 1 aliphatic carbocycles. The van der Waals surface area contributed by atoms with Crippen molar-refractivity contribution in [3.63, 3.8) is 0 Å². The molecular formula is C23H23F3N2OS. The summed E-state index contributed by atoms with van der Waals surface area (Å²) in [6, 6.07) is 9.68. The van der Waals surface area contributed by atoms with Crippen LogP contribution in [-0.2, 0) is 0 Å². The Bertz CT molecular complexity index is 914.